The lowest BCUT2D eigenvalue weighted by Gasteiger charge is -2.09. The molecule has 19 heavy (non-hydrogen) atoms. The first-order valence-electron chi connectivity index (χ1n) is 5.57. The predicted octanol–water partition coefficient (Wildman–Crippen LogP) is 4.84. The number of fused-ring (bicyclic) bond motifs is 1. The fourth-order valence-electron chi connectivity index (χ4n) is 1.79. The van der Waals surface area contributed by atoms with Gasteiger partial charge in [0.05, 0.1) is 0 Å². The SMILES string of the molecule is Clc1ncnc(Oc2cccc3ccccc23)c1Br. The standard InChI is InChI=1S/C14H8BrClN2O/c15-12-13(16)17-8-18-14(12)19-11-7-3-5-9-4-1-2-6-10(9)11/h1-8H. The van der Waals surface area contributed by atoms with Crippen LogP contribution >= 0.6 is 27.5 Å². The minimum atomic E-state index is 0.324. The van der Waals surface area contributed by atoms with Crippen LogP contribution in [0.5, 0.6) is 11.6 Å². The Kier molecular flexibility index (Phi) is 3.36. The molecule has 0 aliphatic heterocycles. The molecule has 3 aromatic rings. The number of ether oxygens (including phenoxy) is 1. The summed E-state index contributed by atoms with van der Waals surface area (Å²) in [6, 6.07) is 13.9. The van der Waals surface area contributed by atoms with Crippen molar-refractivity contribution in [2.45, 2.75) is 0 Å². The van der Waals surface area contributed by atoms with E-state index in [1.165, 1.54) is 6.33 Å². The second-order valence-corrected chi connectivity index (χ2v) is 5.01. The molecule has 0 atom stereocenters. The van der Waals surface area contributed by atoms with Crippen LogP contribution in [-0.4, -0.2) is 9.97 Å². The highest BCUT2D eigenvalue weighted by molar-refractivity contribution is 9.10. The van der Waals surface area contributed by atoms with Gasteiger partial charge in [0, 0.05) is 5.39 Å². The molecule has 1 aromatic heterocycles. The molecular weight excluding hydrogens is 328 g/mol. The van der Waals surface area contributed by atoms with E-state index in [0.717, 1.165) is 16.5 Å². The molecule has 0 fully saturated rings. The first-order valence-corrected chi connectivity index (χ1v) is 6.74. The van der Waals surface area contributed by atoms with Gasteiger partial charge in [0.1, 0.15) is 16.5 Å². The van der Waals surface area contributed by atoms with Crippen molar-refractivity contribution >= 4 is 38.3 Å². The summed E-state index contributed by atoms with van der Waals surface area (Å²) in [6.07, 6.45) is 1.37. The molecule has 0 saturated carbocycles. The van der Waals surface area contributed by atoms with Crippen molar-refractivity contribution in [3.05, 3.63) is 58.4 Å². The van der Waals surface area contributed by atoms with Crippen LogP contribution < -0.4 is 4.74 Å². The minimum Gasteiger partial charge on any atom is -0.437 e. The lowest BCUT2D eigenvalue weighted by Crippen LogP contribution is -1.92. The largest absolute Gasteiger partial charge is 0.437 e. The molecule has 0 spiro atoms. The first-order chi connectivity index (χ1) is 9.25. The van der Waals surface area contributed by atoms with Crippen molar-refractivity contribution in [2.24, 2.45) is 0 Å². The maximum absolute atomic E-state index is 5.92. The Morgan fingerprint density at radius 2 is 1.79 bits per heavy atom. The normalized spacial score (nSPS) is 10.6. The Morgan fingerprint density at radius 1 is 1.00 bits per heavy atom. The fraction of sp³-hybridized carbons (Fsp3) is 0. The number of aromatic nitrogens is 2. The summed E-state index contributed by atoms with van der Waals surface area (Å²) in [5, 5.41) is 2.45. The molecule has 0 saturated heterocycles. The minimum absolute atomic E-state index is 0.324. The lowest BCUT2D eigenvalue weighted by molar-refractivity contribution is 0.463. The maximum Gasteiger partial charge on any atom is 0.238 e. The Labute approximate surface area is 123 Å². The topological polar surface area (TPSA) is 35.0 Å². The van der Waals surface area contributed by atoms with Crippen LogP contribution in [0.25, 0.3) is 10.8 Å². The smallest absolute Gasteiger partial charge is 0.238 e. The summed E-state index contributed by atoms with van der Waals surface area (Å²) in [4.78, 5) is 7.95. The van der Waals surface area contributed by atoms with Crippen molar-refractivity contribution in [3.8, 4) is 11.6 Å². The van der Waals surface area contributed by atoms with E-state index in [1.807, 2.05) is 42.5 Å². The average molecular weight is 336 g/mol. The zero-order valence-electron chi connectivity index (χ0n) is 9.68. The maximum atomic E-state index is 5.92. The highest BCUT2D eigenvalue weighted by atomic mass is 79.9. The molecule has 1 heterocycles. The Balaban J connectivity index is 2.09. The third-order valence-electron chi connectivity index (χ3n) is 2.67. The number of halogens is 2. The van der Waals surface area contributed by atoms with Gasteiger partial charge in [0.2, 0.25) is 5.88 Å². The third-order valence-corrected chi connectivity index (χ3v) is 3.90. The van der Waals surface area contributed by atoms with Crippen molar-refractivity contribution in [1.29, 1.82) is 0 Å². The summed E-state index contributed by atoms with van der Waals surface area (Å²) in [5.74, 6) is 1.13. The van der Waals surface area contributed by atoms with E-state index in [1.54, 1.807) is 0 Å². The zero-order chi connectivity index (χ0) is 13.2. The van der Waals surface area contributed by atoms with Crippen molar-refractivity contribution in [3.63, 3.8) is 0 Å². The molecule has 3 rings (SSSR count). The van der Waals surface area contributed by atoms with E-state index >= 15 is 0 Å². The quantitative estimate of drug-likeness (QED) is 0.629. The highest BCUT2D eigenvalue weighted by Crippen LogP contribution is 2.34. The van der Waals surface area contributed by atoms with Gasteiger partial charge in [-0.05, 0) is 27.4 Å². The van der Waals surface area contributed by atoms with Gasteiger partial charge in [0.25, 0.3) is 0 Å². The number of hydrogen-bond donors (Lipinski definition) is 0. The van der Waals surface area contributed by atoms with Crippen LogP contribution in [0.2, 0.25) is 5.15 Å². The van der Waals surface area contributed by atoms with Gasteiger partial charge < -0.3 is 4.74 Å². The molecule has 0 aliphatic carbocycles. The van der Waals surface area contributed by atoms with Gasteiger partial charge >= 0.3 is 0 Å². The van der Waals surface area contributed by atoms with Gasteiger partial charge in [-0.1, -0.05) is 48.0 Å². The van der Waals surface area contributed by atoms with Crippen LogP contribution in [0.4, 0.5) is 0 Å². The second kappa shape index (κ2) is 5.15. The lowest BCUT2D eigenvalue weighted by atomic mass is 10.1. The summed E-state index contributed by atoms with van der Waals surface area (Å²) in [6.45, 7) is 0. The Morgan fingerprint density at radius 3 is 2.68 bits per heavy atom. The van der Waals surface area contributed by atoms with Crippen LogP contribution in [0.3, 0.4) is 0 Å². The number of hydrogen-bond acceptors (Lipinski definition) is 3. The summed E-state index contributed by atoms with van der Waals surface area (Å²) < 4.78 is 6.37. The molecule has 0 amide bonds. The molecule has 0 unspecified atom stereocenters. The molecule has 0 radical (unpaired) electrons. The number of rotatable bonds is 2. The monoisotopic (exact) mass is 334 g/mol. The average Bonchev–Trinajstić information content (AvgIpc) is 2.44. The van der Waals surface area contributed by atoms with E-state index in [2.05, 4.69) is 25.9 Å². The van der Waals surface area contributed by atoms with E-state index < -0.39 is 0 Å². The van der Waals surface area contributed by atoms with Gasteiger partial charge in [-0.2, -0.15) is 0 Å². The van der Waals surface area contributed by atoms with Crippen LogP contribution in [0, 0.1) is 0 Å². The molecule has 0 bridgehead atoms. The fourth-order valence-corrected chi connectivity index (χ4v) is 2.20. The predicted molar refractivity (Wildman–Crippen MR) is 78.8 cm³/mol. The van der Waals surface area contributed by atoms with Gasteiger partial charge in [-0.25, -0.2) is 9.97 Å². The molecular formula is C14H8BrClN2O. The van der Waals surface area contributed by atoms with E-state index in [0.29, 0.717) is 15.5 Å². The van der Waals surface area contributed by atoms with Gasteiger partial charge in [-0.3, -0.25) is 0 Å². The molecule has 0 aliphatic rings. The van der Waals surface area contributed by atoms with Gasteiger partial charge in [0.15, 0.2) is 5.15 Å². The van der Waals surface area contributed by atoms with E-state index in [4.69, 9.17) is 16.3 Å². The molecule has 5 heteroatoms. The molecule has 0 N–H and O–H groups in total. The Bertz CT molecular complexity index is 743. The summed E-state index contributed by atoms with van der Waals surface area (Å²) in [7, 11) is 0. The molecule has 3 nitrogen and oxygen atoms in total. The Hall–Kier alpha value is -1.65. The number of nitrogens with zero attached hydrogens (tertiary/aromatic N) is 2. The molecule has 2 aromatic carbocycles. The van der Waals surface area contributed by atoms with Gasteiger partial charge in [-0.15, -0.1) is 0 Å². The van der Waals surface area contributed by atoms with Crippen LogP contribution in [0.15, 0.2) is 53.3 Å². The summed E-state index contributed by atoms with van der Waals surface area (Å²) >= 11 is 9.24. The van der Waals surface area contributed by atoms with Crippen molar-refractivity contribution in [2.75, 3.05) is 0 Å². The van der Waals surface area contributed by atoms with E-state index in [9.17, 15) is 0 Å². The highest BCUT2D eigenvalue weighted by Gasteiger charge is 2.10. The molecule has 94 valence electrons. The summed E-state index contributed by atoms with van der Waals surface area (Å²) in [5.41, 5.74) is 0. The van der Waals surface area contributed by atoms with Crippen molar-refractivity contribution in [1.82, 2.24) is 9.97 Å². The van der Waals surface area contributed by atoms with Crippen molar-refractivity contribution < 1.29 is 4.74 Å². The first kappa shape index (κ1) is 12.4. The van der Waals surface area contributed by atoms with Crippen LogP contribution in [0.1, 0.15) is 0 Å². The second-order valence-electron chi connectivity index (χ2n) is 3.86. The number of benzene rings is 2. The van der Waals surface area contributed by atoms with Crippen LogP contribution in [-0.2, 0) is 0 Å². The zero-order valence-corrected chi connectivity index (χ0v) is 12.0. The third kappa shape index (κ3) is 2.41. The van der Waals surface area contributed by atoms with E-state index in [-0.39, 0.29) is 0 Å².